The second-order valence-electron chi connectivity index (χ2n) is 6.06. The topological polar surface area (TPSA) is 109 Å². The third-order valence-electron chi connectivity index (χ3n) is 3.43. The summed E-state index contributed by atoms with van der Waals surface area (Å²) in [6.07, 6.45) is -4.76. The SMILES string of the molecule is CC(C)CNC(=O)[C@@H](C#N)C(=O)c1ccc(-c2noc(C(F)(F)F)n2)cc1. The van der Waals surface area contributed by atoms with Gasteiger partial charge in [0.1, 0.15) is 0 Å². The molecule has 2 aromatic rings. The first kappa shape index (κ1) is 20.1. The van der Waals surface area contributed by atoms with Crippen LogP contribution < -0.4 is 5.32 Å². The molecule has 10 heteroatoms. The number of hydrogen-bond donors (Lipinski definition) is 1. The fourth-order valence-electron chi connectivity index (χ4n) is 2.05. The van der Waals surface area contributed by atoms with Gasteiger partial charge in [0, 0.05) is 17.7 Å². The first-order chi connectivity index (χ1) is 12.6. The number of nitrogens with zero attached hydrogens (tertiary/aromatic N) is 3. The fourth-order valence-corrected chi connectivity index (χ4v) is 2.05. The number of hydrogen-bond acceptors (Lipinski definition) is 6. The van der Waals surface area contributed by atoms with Crippen molar-refractivity contribution in [1.29, 1.82) is 5.26 Å². The minimum Gasteiger partial charge on any atom is -0.354 e. The standard InChI is InChI=1S/C17H15F3N4O3/c1-9(2)8-22-15(26)12(7-21)13(25)10-3-5-11(6-4-10)14-23-16(27-24-14)17(18,19)20/h3-6,9,12H,8H2,1-2H3,(H,22,26)/t12-/m0/s1. The van der Waals surface area contributed by atoms with Crippen molar-refractivity contribution in [2.45, 2.75) is 20.0 Å². The second kappa shape index (κ2) is 7.99. The quantitative estimate of drug-likeness (QED) is 0.610. The molecule has 0 aliphatic heterocycles. The Balaban J connectivity index is 2.16. The van der Waals surface area contributed by atoms with Gasteiger partial charge in [-0.1, -0.05) is 43.3 Å². The summed E-state index contributed by atoms with van der Waals surface area (Å²) in [7, 11) is 0. The first-order valence-corrected chi connectivity index (χ1v) is 7.86. The molecule has 1 N–H and O–H groups in total. The van der Waals surface area contributed by atoms with E-state index in [4.69, 9.17) is 5.26 Å². The van der Waals surface area contributed by atoms with E-state index in [1.165, 1.54) is 24.3 Å². The van der Waals surface area contributed by atoms with Gasteiger partial charge in [0.15, 0.2) is 11.7 Å². The third kappa shape index (κ3) is 4.91. The molecule has 0 spiro atoms. The summed E-state index contributed by atoms with van der Waals surface area (Å²) in [5, 5.41) is 14.9. The van der Waals surface area contributed by atoms with E-state index >= 15 is 0 Å². The Morgan fingerprint density at radius 2 is 1.89 bits per heavy atom. The zero-order valence-corrected chi connectivity index (χ0v) is 14.4. The van der Waals surface area contributed by atoms with E-state index in [1.54, 1.807) is 6.07 Å². The second-order valence-corrected chi connectivity index (χ2v) is 6.06. The number of amides is 1. The average molecular weight is 380 g/mol. The highest BCUT2D eigenvalue weighted by molar-refractivity contribution is 6.12. The maximum absolute atomic E-state index is 12.5. The van der Waals surface area contributed by atoms with E-state index in [9.17, 15) is 22.8 Å². The number of aromatic nitrogens is 2. The Morgan fingerprint density at radius 1 is 1.26 bits per heavy atom. The lowest BCUT2D eigenvalue weighted by Gasteiger charge is -2.11. The molecule has 142 valence electrons. The molecule has 0 radical (unpaired) electrons. The Hall–Kier alpha value is -3.22. The van der Waals surface area contributed by atoms with Crippen molar-refractivity contribution >= 4 is 11.7 Å². The van der Waals surface area contributed by atoms with Crippen LogP contribution in [0.15, 0.2) is 28.8 Å². The Morgan fingerprint density at radius 3 is 2.37 bits per heavy atom. The molecule has 0 aliphatic rings. The number of carbonyl (C=O) groups excluding carboxylic acids is 2. The number of halogens is 3. The van der Waals surface area contributed by atoms with Gasteiger partial charge in [-0.05, 0) is 5.92 Å². The van der Waals surface area contributed by atoms with Crippen molar-refractivity contribution < 1.29 is 27.3 Å². The molecule has 1 amide bonds. The molecule has 0 saturated carbocycles. The molecule has 0 aliphatic carbocycles. The highest BCUT2D eigenvalue weighted by atomic mass is 19.4. The van der Waals surface area contributed by atoms with Crippen molar-refractivity contribution in [3.8, 4) is 17.5 Å². The maximum atomic E-state index is 12.5. The van der Waals surface area contributed by atoms with Gasteiger partial charge in [-0.3, -0.25) is 9.59 Å². The van der Waals surface area contributed by atoms with Crippen LogP contribution >= 0.6 is 0 Å². The summed E-state index contributed by atoms with van der Waals surface area (Å²) < 4.78 is 41.6. The van der Waals surface area contributed by atoms with Gasteiger partial charge < -0.3 is 9.84 Å². The Labute approximate surface area is 152 Å². The molecule has 1 aromatic heterocycles. The number of ketones is 1. The molecule has 0 unspecified atom stereocenters. The van der Waals surface area contributed by atoms with E-state index in [0.29, 0.717) is 6.54 Å². The zero-order valence-electron chi connectivity index (χ0n) is 14.4. The van der Waals surface area contributed by atoms with Gasteiger partial charge in [-0.2, -0.15) is 23.4 Å². The van der Waals surface area contributed by atoms with Crippen molar-refractivity contribution in [3.05, 3.63) is 35.7 Å². The number of nitriles is 1. The Bertz CT molecular complexity index is 867. The minimum absolute atomic E-state index is 0.0598. The molecule has 0 saturated heterocycles. The maximum Gasteiger partial charge on any atom is 0.471 e. The summed E-state index contributed by atoms with van der Waals surface area (Å²) >= 11 is 0. The molecular formula is C17H15F3N4O3. The number of carbonyl (C=O) groups is 2. The van der Waals surface area contributed by atoms with Gasteiger partial charge in [0.25, 0.3) is 0 Å². The van der Waals surface area contributed by atoms with E-state index in [0.717, 1.165) is 0 Å². The lowest BCUT2D eigenvalue weighted by atomic mass is 9.97. The van der Waals surface area contributed by atoms with Crippen molar-refractivity contribution in [2.75, 3.05) is 6.54 Å². The van der Waals surface area contributed by atoms with E-state index in [1.807, 2.05) is 13.8 Å². The third-order valence-corrected chi connectivity index (χ3v) is 3.43. The highest BCUT2D eigenvalue weighted by Gasteiger charge is 2.38. The van der Waals surface area contributed by atoms with Crippen LogP contribution in [0.2, 0.25) is 0 Å². The van der Waals surface area contributed by atoms with Crippen LogP contribution in [0.25, 0.3) is 11.4 Å². The van der Waals surface area contributed by atoms with Crippen LogP contribution in [0.1, 0.15) is 30.1 Å². The molecule has 2 rings (SSSR count). The van der Waals surface area contributed by atoms with E-state index < -0.39 is 29.7 Å². The molecule has 0 fully saturated rings. The van der Waals surface area contributed by atoms with Gasteiger partial charge >= 0.3 is 12.1 Å². The van der Waals surface area contributed by atoms with Crippen molar-refractivity contribution in [2.24, 2.45) is 11.8 Å². The predicted octanol–water partition coefficient (Wildman–Crippen LogP) is 2.85. The van der Waals surface area contributed by atoms with Crippen LogP contribution in [-0.4, -0.2) is 28.4 Å². The number of nitrogens with one attached hydrogen (secondary N) is 1. The van der Waals surface area contributed by atoms with Gasteiger partial charge in [-0.25, -0.2) is 0 Å². The minimum atomic E-state index is -4.76. The van der Waals surface area contributed by atoms with E-state index in [2.05, 4.69) is 20.0 Å². The van der Waals surface area contributed by atoms with Crippen LogP contribution in [-0.2, 0) is 11.0 Å². The van der Waals surface area contributed by atoms with Crippen molar-refractivity contribution in [1.82, 2.24) is 15.5 Å². The monoisotopic (exact) mass is 380 g/mol. The Kier molecular flexibility index (Phi) is 5.95. The average Bonchev–Trinajstić information content (AvgIpc) is 3.11. The summed E-state index contributed by atoms with van der Waals surface area (Å²) in [4.78, 5) is 27.6. The number of alkyl halides is 3. The molecule has 1 atom stereocenters. The molecule has 1 aromatic carbocycles. The zero-order chi connectivity index (χ0) is 20.2. The van der Waals surface area contributed by atoms with Crippen LogP contribution in [0.5, 0.6) is 0 Å². The highest BCUT2D eigenvalue weighted by Crippen LogP contribution is 2.29. The number of Topliss-reactive ketones (excluding diaryl/α,β-unsaturated/α-hetero) is 1. The normalized spacial score (nSPS) is 12.5. The van der Waals surface area contributed by atoms with Gasteiger partial charge in [0.05, 0.1) is 6.07 Å². The van der Waals surface area contributed by atoms with E-state index in [-0.39, 0.29) is 22.9 Å². The lowest BCUT2D eigenvalue weighted by Crippen LogP contribution is -2.36. The summed E-state index contributed by atoms with van der Waals surface area (Å²) in [5.41, 5.74) is 0.244. The number of benzene rings is 1. The van der Waals surface area contributed by atoms with Gasteiger partial charge in [-0.15, -0.1) is 0 Å². The summed E-state index contributed by atoms with van der Waals surface area (Å²) in [6.45, 7) is 4.05. The molecule has 27 heavy (non-hydrogen) atoms. The molecular weight excluding hydrogens is 365 g/mol. The van der Waals surface area contributed by atoms with Crippen LogP contribution in [0.3, 0.4) is 0 Å². The summed E-state index contributed by atoms with van der Waals surface area (Å²) in [6, 6.07) is 6.83. The fraction of sp³-hybridized carbons (Fsp3) is 0.353. The molecule has 1 heterocycles. The molecule has 0 bridgehead atoms. The molecule has 7 nitrogen and oxygen atoms in total. The van der Waals surface area contributed by atoms with Crippen molar-refractivity contribution in [3.63, 3.8) is 0 Å². The van der Waals surface area contributed by atoms with Crippen LogP contribution in [0, 0.1) is 23.2 Å². The predicted molar refractivity (Wildman–Crippen MR) is 86.0 cm³/mol. The van der Waals surface area contributed by atoms with Crippen LogP contribution in [0.4, 0.5) is 13.2 Å². The number of rotatable bonds is 6. The summed E-state index contributed by atoms with van der Waals surface area (Å²) in [5.74, 6) is -4.56. The first-order valence-electron chi connectivity index (χ1n) is 7.86. The lowest BCUT2D eigenvalue weighted by molar-refractivity contribution is -0.159. The van der Waals surface area contributed by atoms with Gasteiger partial charge in [0.2, 0.25) is 11.7 Å². The smallest absolute Gasteiger partial charge is 0.354 e. The largest absolute Gasteiger partial charge is 0.471 e.